The van der Waals surface area contributed by atoms with Crippen LogP contribution in [0.3, 0.4) is 0 Å². The van der Waals surface area contributed by atoms with Gasteiger partial charge < -0.3 is 14.6 Å². The molecule has 0 radical (unpaired) electrons. The summed E-state index contributed by atoms with van der Waals surface area (Å²) in [5.41, 5.74) is 2.53. The molecule has 0 aliphatic rings. The van der Waals surface area contributed by atoms with Crippen molar-refractivity contribution in [2.45, 2.75) is 12.6 Å². The quantitative estimate of drug-likeness (QED) is 0.540. The minimum absolute atomic E-state index is 0.0880. The topological polar surface area (TPSA) is 56.1 Å². The Kier molecular flexibility index (Phi) is 5.24. The van der Waals surface area contributed by atoms with Gasteiger partial charge in [-0.25, -0.2) is 4.39 Å². The number of benzene rings is 2. The standard InChI is InChI=1S/C23H20FN3O2/c1-29-20-6-3-17(4-7-20)23(18-8-11-25-12-9-18)26-22(28)15-27-13-10-16-2-5-19(24)14-21(16)27/h2-14,23H,15H2,1H3,(H,26,28). The summed E-state index contributed by atoms with van der Waals surface area (Å²) >= 11 is 0. The van der Waals surface area contributed by atoms with Gasteiger partial charge in [0.2, 0.25) is 5.91 Å². The Hall–Kier alpha value is -3.67. The third-order valence-corrected chi connectivity index (χ3v) is 4.84. The van der Waals surface area contributed by atoms with Gasteiger partial charge in [-0.2, -0.15) is 0 Å². The SMILES string of the molecule is COc1ccc(C(NC(=O)Cn2ccc3ccc(F)cc32)c2ccncc2)cc1. The van der Waals surface area contributed by atoms with E-state index in [1.807, 2.05) is 42.5 Å². The summed E-state index contributed by atoms with van der Waals surface area (Å²) in [6.45, 7) is 0.0880. The van der Waals surface area contributed by atoms with Crippen LogP contribution in [0.25, 0.3) is 10.9 Å². The molecule has 0 aliphatic heterocycles. The maximum absolute atomic E-state index is 13.6. The highest BCUT2D eigenvalue weighted by molar-refractivity contribution is 5.83. The fourth-order valence-corrected chi connectivity index (χ4v) is 3.37. The summed E-state index contributed by atoms with van der Waals surface area (Å²) in [6, 6.07) is 17.4. The summed E-state index contributed by atoms with van der Waals surface area (Å²) in [5.74, 6) is 0.240. The van der Waals surface area contributed by atoms with Crippen LogP contribution in [0.5, 0.6) is 5.75 Å². The Bertz CT molecular complexity index is 1120. The number of fused-ring (bicyclic) bond motifs is 1. The third-order valence-electron chi connectivity index (χ3n) is 4.84. The molecule has 0 saturated heterocycles. The Balaban J connectivity index is 1.59. The number of carbonyl (C=O) groups excluding carboxylic acids is 1. The van der Waals surface area contributed by atoms with Crippen molar-refractivity contribution in [2.75, 3.05) is 7.11 Å². The second-order valence-electron chi connectivity index (χ2n) is 6.70. The summed E-state index contributed by atoms with van der Waals surface area (Å²) < 4.78 is 20.6. The van der Waals surface area contributed by atoms with Gasteiger partial charge in [0.15, 0.2) is 0 Å². The molecule has 0 saturated carbocycles. The highest BCUT2D eigenvalue weighted by Crippen LogP contribution is 2.24. The van der Waals surface area contributed by atoms with Crippen molar-refractivity contribution in [3.05, 3.63) is 96.2 Å². The molecular formula is C23H20FN3O2. The van der Waals surface area contributed by atoms with Gasteiger partial charge >= 0.3 is 0 Å². The minimum Gasteiger partial charge on any atom is -0.497 e. The molecule has 5 nitrogen and oxygen atoms in total. The van der Waals surface area contributed by atoms with Crippen molar-refractivity contribution in [3.63, 3.8) is 0 Å². The number of amides is 1. The van der Waals surface area contributed by atoms with Crippen molar-refractivity contribution < 1.29 is 13.9 Å². The normalized spacial score (nSPS) is 11.9. The van der Waals surface area contributed by atoms with Gasteiger partial charge in [-0.1, -0.05) is 12.1 Å². The fraction of sp³-hybridized carbons (Fsp3) is 0.130. The molecule has 2 aromatic carbocycles. The van der Waals surface area contributed by atoms with Crippen LogP contribution < -0.4 is 10.1 Å². The van der Waals surface area contributed by atoms with Crippen molar-refractivity contribution in [1.29, 1.82) is 0 Å². The number of carbonyl (C=O) groups is 1. The second kappa shape index (κ2) is 8.14. The highest BCUT2D eigenvalue weighted by atomic mass is 19.1. The fourth-order valence-electron chi connectivity index (χ4n) is 3.37. The van der Waals surface area contributed by atoms with E-state index < -0.39 is 0 Å². The van der Waals surface area contributed by atoms with E-state index in [-0.39, 0.29) is 24.3 Å². The summed E-state index contributed by atoms with van der Waals surface area (Å²) in [4.78, 5) is 16.9. The van der Waals surface area contributed by atoms with E-state index in [1.54, 1.807) is 36.3 Å². The molecule has 1 unspecified atom stereocenters. The molecule has 4 aromatic rings. The Morgan fingerprint density at radius 3 is 2.52 bits per heavy atom. The van der Waals surface area contributed by atoms with Crippen LogP contribution in [0, 0.1) is 5.82 Å². The lowest BCUT2D eigenvalue weighted by atomic mass is 9.99. The first-order valence-electron chi connectivity index (χ1n) is 9.21. The summed E-state index contributed by atoms with van der Waals surface area (Å²) in [6.07, 6.45) is 5.18. The van der Waals surface area contributed by atoms with Crippen LogP contribution in [0.1, 0.15) is 17.2 Å². The summed E-state index contributed by atoms with van der Waals surface area (Å²) in [7, 11) is 1.61. The molecule has 146 valence electrons. The zero-order valence-electron chi connectivity index (χ0n) is 15.9. The molecule has 2 heterocycles. The Labute approximate surface area is 167 Å². The van der Waals surface area contributed by atoms with Gasteiger partial charge in [0.25, 0.3) is 0 Å². The number of ether oxygens (including phenoxy) is 1. The van der Waals surface area contributed by atoms with Crippen LogP contribution in [0.15, 0.2) is 79.3 Å². The monoisotopic (exact) mass is 389 g/mol. The van der Waals surface area contributed by atoms with Gasteiger partial charge in [0.1, 0.15) is 18.1 Å². The van der Waals surface area contributed by atoms with Crippen molar-refractivity contribution >= 4 is 16.8 Å². The average molecular weight is 389 g/mol. The second-order valence-corrected chi connectivity index (χ2v) is 6.70. The molecule has 0 fully saturated rings. The molecule has 1 amide bonds. The number of hydrogen-bond donors (Lipinski definition) is 1. The van der Waals surface area contributed by atoms with Crippen LogP contribution in [0.4, 0.5) is 4.39 Å². The van der Waals surface area contributed by atoms with E-state index in [0.717, 1.165) is 22.3 Å². The van der Waals surface area contributed by atoms with Crippen LogP contribution in [0.2, 0.25) is 0 Å². The van der Waals surface area contributed by atoms with Gasteiger partial charge in [-0.15, -0.1) is 0 Å². The molecule has 1 N–H and O–H groups in total. The van der Waals surface area contributed by atoms with E-state index in [4.69, 9.17) is 4.74 Å². The molecule has 0 bridgehead atoms. The Morgan fingerprint density at radius 2 is 1.79 bits per heavy atom. The molecule has 2 aromatic heterocycles. The molecular weight excluding hydrogens is 369 g/mol. The molecule has 6 heteroatoms. The van der Waals surface area contributed by atoms with Gasteiger partial charge in [0, 0.05) is 18.6 Å². The maximum atomic E-state index is 13.6. The maximum Gasteiger partial charge on any atom is 0.240 e. The zero-order valence-corrected chi connectivity index (χ0v) is 15.9. The zero-order chi connectivity index (χ0) is 20.2. The molecule has 29 heavy (non-hydrogen) atoms. The van der Waals surface area contributed by atoms with Crippen LogP contribution in [-0.2, 0) is 11.3 Å². The predicted molar refractivity (Wildman–Crippen MR) is 109 cm³/mol. The van der Waals surface area contributed by atoms with E-state index >= 15 is 0 Å². The van der Waals surface area contributed by atoms with Crippen LogP contribution >= 0.6 is 0 Å². The summed E-state index contributed by atoms with van der Waals surface area (Å²) in [5, 5.41) is 3.97. The first-order valence-corrected chi connectivity index (χ1v) is 9.21. The van der Waals surface area contributed by atoms with E-state index in [2.05, 4.69) is 10.3 Å². The number of pyridine rings is 1. The molecule has 1 atom stereocenters. The van der Waals surface area contributed by atoms with Gasteiger partial charge in [-0.3, -0.25) is 9.78 Å². The minimum atomic E-state index is -0.338. The van der Waals surface area contributed by atoms with Crippen LogP contribution in [-0.4, -0.2) is 22.6 Å². The number of hydrogen-bond acceptors (Lipinski definition) is 3. The van der Waals surface area contributed by atoms with Gasteiger partial charge in [-0.05, 0) is 65.0 Å². The first-order chi connectivity index (χ1) is 14.1. The lowest BCUT2D eigenvalue weighted by Gasteiger charge is -2.20. The molecule has 0 aliphatic carbocycles. The molecule has 4 rings (SSSR count). The molecule has 0 spiro atoms. The van der Waals surface area contributed by atoms with Crippen molar-refractivity contribution in [2.24, 2.45) is 0 Å². The number of methoxy groups -OCH3 is 1. The van der Waals surface area contributed by atoms with E-state index in [0.29, 0.717) is 5.52 Å². The largest absolute Gasteiger partial charge is 0.497 e. The van der Waals surface area contributed by atoms with E-state index in [1.165, 1.54) is 12.1 Å². The predicted octanol–water partition coefficient (Wildman–Crippen LogP) is 4.09. The van der Waals surface area contributed by atoms with Gasteiger partial charge in [0.05, 0.1) is 18.7 Å². The number of rotatable bonds is 6. The smallest absolute Gasteiger partial charge is 0.240 e. The average Bonchev–Trinajstić information content (AvgIpc) is 3.14. The lowest BCUT2D eigenvalue weighted by Crippen LogP contribution is -2.32. The highest BCUT2D eigenvalue weighted by Gasteiger charge is 2.18. The number of nitrogens with zero attached hydrogens (tertiary/aromatic N) is 2. The Morgan fingerprint density at radius 1 is 1.07 bits per heavy atom. The number of halogens is 1. The van der Waals surface area contributed by atoms with Crippen molar-refractivity contribution in [1.82, 2.24) is 14.9 Å². The van der Waals surface area contributed by atoms with E-state index in [9.17, 15) is 9.18 Å². The third kappa shape index (κ3) is 4.11. The first kappa shape index (κ1) is 18.7. The van der Waals surface area contributed by atoms with Crippen molar-refractivity contribution in [3.8, 4) is 5.75 Å². The lowest BCUT2D eigenvalue weighted by molar-refractivity contribution is -0.122. The number of aromatic nitrogens is 2. The number of nitrogens with one attached hydrogen (secondary N) is 1.